The van der Waals surface area contributed by atoms with Crippen LogP contribution in [-0.2, 0) is 0 Å². The first-order valence-electron chi connectivity index (χ1n) is 5.29. The highest BCUT2D eigenvalue weighted by molar-refractivity contribution is 5.77. The molecule has 1 atom stereocenters. The van der Waals surface area contributed by atoms with Crippen molar-refractivity contribution in [2.45, 2.75) is 46.6 Å². The van der Waals surface area contributed by atoms with E-state index < -0.39 is 0 Å². The Morgan fingerprint density at radius 2 is 1.93 bits per heavy atom. The zero-order valence-electron chi connectivity index (χ0n) is 10.2. The van der Waals surface area contributed by atoms with Gasteiger partial charge in [0.05, 0.1) is 5.84 Å². The quantitative estimate of drug-likeness (QED) is 0.526. The molecule has 0 saturated carbocycles. The van der Waals surface area contributed by atoms with E-state index in [9.17, 15) is 0 Å². The molecule has 0 aliphatic carbocycles. The Balaban J connectivity index is 4.17. The SMILES string of the molecule is CCC(CC(=N)N)N(C)CC(C)(C)C. The summed E-state index contributed by atoms with van der Waals surface area (Å²) in [6.07, 6.45) is 1.73. The molecular formula is C11H25N3. The van der Waals surface area contributed by atoms with Crippen LogP contribution in [0.1, 0.15) is 40.5 Å². The van der Waals surface area contributed by atoms with Crippen molar-refractivity contribution in [1.29, 1.82) is 5.41 Å². The summed E-state index contributed by atoms with van der Waals surface area (Å²) in [5.41, 5.74) is 5.73. The van der Waals surface area contributed by atoms with Crippen LogP contribution in [0.4, 0.5) is 0 Å². The molecule has 1 unspecified atom stereocenters. The van der Waals surface area contributed by atoms with Crippen molar-refractivity contribution in [2.24, 2.45) is 11.1 Å². The fraction of sp³-hybridized carbons (Fsp3) is 0.909. The van der Waals surface area contributed by atoms with Crippen molar-refractivity contribution in [3.63, 3.8) is 0 Å². The van der Waals surface area contributed by atoms with Crippen molar-refractivity contribution < 1.29 is 0 Å². The van der Waals surface area contributed by atoms with E-state index in [4.69, 9.17) is 11.1 Å². The number of amidine groups is 1. The maximum atomic E-state index is 7.30. The van der Waals surface area contributed by atoms with Crippen LogP contribution in [0.2, 0.25) is 0 Å². The van der Waals surface area contributed by atoms with Crippen molar-refractivity contribution in [3.8, 4) is 0 Å². The molecule has 0 amide bonds. The van der Waals surface area contributed by atoms with Gasteiger partial charge in [0.2, 0.25) is 0 Å². The molecule has 3 heteroatoms. The Kier molecular flexibility index (Phi) is 5.13. The lowest BCUT2D eigenvalue weighted by atomic mass is 9.95. The van der Waals surface area contributed by atoms with Crippen molar-refractivity contribution in [3.05, 3.63) is 0 Å². The average Bonchev–Trinajstić information content (AvgIpc) is 1.96. The van der Waals surface area contributed by atoms with Gasteiger partial charge in [-0.3, -0.25) is 5.41 Å². The minimum atomic E-state index is 0.289. The summed E-state index contributed by atoms with van der Waals surface area (Å²) in [7, 11) is 2.11. The van der Waals surface area contributed by atoms with Crippen LogP contribution < -0.4 is 5.73 Å². The van der Waals surface area contributed by atoms with Gasteiger partial charge in [-0.1, -0.05) is 27.7 Å². The molecule has 3 N–H and O–H groups in total. The first-order chi connectivity index (χ1) is 6.26. The predicted molar refractivity (Wildman–Crippen MR) is 62.7 cm³/mol. The molecule has 3 nitrogen and oxygen atoms in total. The number of nitrogens with two attached hydrogens (primary N) is 1. The number of rotatable bonds is 5. The van der Waals surface area contributed by atoms with Crippen LogP contribution in [0.25, 0.3) is 0 Å². The summed E-state index contributed by atoms with van der Waals surface area (Å²) in [6, 6.07) is 0.409. The second-order valence-corrected chi connectivity index (χ2v) is 5.27. The molecule has 0 aromatic rings. The summed E-state index contributed by atoms with van der Waals surface area (Å²) in [5, 5.41) is 7.30. The molecule has 0 aromatic heterocycles. The van der Waals surface area contributed by atoms with Gasteiger partial charge in [-0.05, 0) is 18.9 Å². The topological polar surface area (TPSA) is 53.1 Å². The zero-order chi connectivity index (χ0) is 11.4. The summed E-state index contributed by atoms with van der Waals surface area (Å²) >= 11 is 0. The Labute approximate surface area is 88.2 Å². The molecule has 0 aliphatic rings. The highest BCUT2D eigenvalue weighted by Gasteiger charge is 2.19. The minimum Gasteiger partial charge on any atom is -0.388 e. The molecule has 0 saturated heterocycles. The molecule has 0 heterocycles. The lowest BCUT2D eigenvalue weighted by Crippen LogP contribution is -2.39. The third kappa shape index (κ3) is 5.97. The van der Waals surface area contributed by atoms with Gasteiger partial charge >= 0.3 is 0 Å². The molecule has 0 aliphatic heterocycles. The van der Waals surface area contributed by atoms with E-state index >= 15 is 0 Å². The lowest BCUT2D eigenvalue weighted by molar-refractivity contribution is 0.171. The standard InChI is InChI=1S/C11H25N3/c1-6-9(7-10(12)13)14(5)8-11(2,3)4/h9H,6-8H2,1-5H3,(H3,12,13). The van der Waals surface area contributed by atoms with Gasteiger partial charge in [-0.15, -0.1) is 0 Å². The fourth-order valence-corrected chi connectivity index (χ4v) is 1.74. The van der Waals surface area contributed by atoms with E-state index in [1.807, 2.05) is 0 Å². The molecular weight excluding hydrogens is 174 g/mol. The van der Waals surface area contributed by atoms with Crippen LogP contribution in [0.3, 0.4) is 0 Å². The van der Waals surface area contributed by atoms with Gasteiger partial charge in [0.15, 0.2) is 0 Å². The molecule has 0 aromatic carbocycles. The van der Waals surface area contributed by atoms with Crippen LogP contribution in [-0.4, -0.2) is 30.4 Å². The van der Waals surface area contributed by atoms with E-state index in [0.29, 0.717) is 17.9 Å². The Morgan fingerprint density at radius 1 is 1.43 bits per heavy atom. The molecule has 0 fully saturated rings. The third-order valence-corrected chi connectivity index (χ3v) is 2.27. The third-order valence-electron chi connectivity index (χ3n) is 2.27. The second kappa shape index (κ2) is 5.35. The van der Waals surface area contributed by atoms with Crippen molar-refractivity contribution in [2.75, 3.05) is 13.6 Å². The van der Waals surface area contributed by atoms with Gasteiger partial charge in [-0.25, -0.2) is 0 Å². The monoisotopic (exact) mass is 199 g/mol. The summed E-state index contributed by atoms with van der Waals surface area (Å²) in [4.78, 5) is 2.31. The molecule has 14 heavy (non-hydrogen) atoms. The zero-order valence-corrected chi connectivity index (χ0v) is 10.2. The predicted octanol–water partition coefficient (Wildman–Crippen LogP) is 2.07. The molecule has 0 radical (unpaired) electrons. The van der Waals surface area contributed by atoms with E-state index in [1.54, 1.807) is 0 Å². The first kappa shape index (κ1) is 13.4. The fourth-order valence-electron chi connectivity index (χ4n) is 1.74. The van der Waals surface area contributed by atoms with E-state index in [0.717, 1.165) is 13.0 Å². The highest BCUT2D eigenvalue weighted by Crippen LogP contribution is 2.17. The molecule has 84 valence electrons. The second-order valence-electron chi connectivity index (χ2n) is 5.27. The summed E-state index contributed by atoms with van der Waals surface area (Å²) < 4.78 is 0. The van der Waals surface area contributed by atoms with Gasteiger partial charge in [0.1, 0.15) is 0 Å². The van der Waals surface area contributed by atoms with E-state index in [-0.39, 0.29) is 5.84 Å². The minimum absolute atomic E-state index is 0.289. The van der Waals surface area contributed by atoms with Crippen molar-refractivity contribution in [1.82, 2.24) is 4.90 Å². The number of hydrogen-bond acceptors (Lipinski definition) is 2. The van der Waals surface area contributed by atoms with E-state index in [1.165, 1.54) is 0 Å². The number of nitrogens with zero attached hydrogens (tertiary/aromatic N) is 1. The molecule has 0 bridgehead atoms. The number of hydrogen-bond donors (Lipinski definition) is 2. The van der Waals surface area contributed by atoms with E-state index in [2.05, 4.69) is 39.6 Å². The first-order valence-corrected chi connectivity index (χ1v) is 5.29. The highest BCUT2D eigenvalue weighted by atomic mass is 15.1. The maximum Gasteiger partial charge on any atom is 0.0921 e. The average molecular weight is 199 g/mol. The Bertz CT molecular complexity index is 181. The van der Waals surface area contributed by atoms with Crippen molar-refractivity contribution >= 4 is 5.84 Å². The van der Waals surface area contributed by atoms with Crippen LogP contribution in [0.5, 0.6) is 0 Å². The maximum absolute atomic E-state index is 7.30. The number of nitrogens with one attached hydrogen (secondary N) is 1. The Hall–Kier alpha value is -0.570. The van der Waals surface area contributed by atoms with Crippen LogP contribution >= 0.6 is 0 Å². The molecule has 0 rings (SSSR count). The van der Waals surface area contributed by atoms with Gasteiger partial charge in [0.25, 0.3) is 0 Å². The van der Waals surface area contributed by atoms with Gasteiger partial charge < -0.3 is 10.6 Å². The smallest absolute Gasteiger partial charge is 0.0921 e. The summed E-state index contributed by atoms with van der Waals surface area (Å²) in [6.45, 7) is 9.86. The Morgan fingerprint density at radius 3 is 2.21 bits per heavy atom. The van der Waals surface area contributed by atoms with Crippen LogP contribution in [0.15, 0.2) is 0 Å². The normalized spacial score (nSPS) is 14.4. The summed E-state index contributed by atoms with van der Waals surface area (Å²) in [5.74, 6) is 0.289. The molecule has 0 spiro atoms. The largest absolute Gasteiger partial charge is 0.388 e. The van der Waals surface area contributed by atoms with Gasteiger partial charge in [-0.2, -0.15) is 0 Å². The van der Waals surface area contributed by atoms with Crippen LogP contribution in [0, 0.1) is 10.8 Å². The lowest BCUT2D eigenvalue weighted by Gasteiger charge is -2.32. The van der Waals surface area contributed by atoms with Gasteiger partial charge in [0, 0.05) is 19.0 Å².